The number of hydrogen-bond donors (Lipinski definition) is 2. The van der Waals surface area contributed by atoms with Gasteiger partial charge in [0, 0.05) is 18.7 Å². The van der Waals surface area contributed by atoms with Gasteiger partial charge in [-0.3, -0.25) is 0 Å². The maximum Gasteiger partial charge on any atom is 0.148 e. The molecule has 0 unspecified atom stereocenters. The molecule has 1 saturated heterocycles. The first kappa shape index (κ1) is 15.0. The number of nitrogens with two attached hydrogens (primary N) is 1. The highest BCUT2D eigenvalue weighted by atomic mass is 15.3. The summed E-state index contributed by atoms with van der Waals surface area (Å²) in [5.74, 6) is 8.84. The third-order valence-electron chi connectivity index (χ3n) is 4.39. The molecular formula is C15H27N5. The van der Waals surface area contributed by atoms with Gasteiger partial charge in [-0.05, 0) is 38.0 Å². The van der Waals surface area contributed by atoms with Crippen LogP contribution in [0.3, 0.4) is 0 Å². The first-order chi connectivity index (χ1) is 9.32. The van der Waals surface area contributed by atoms with E-state index in [1.54, 1.807) is 0 Å². The predicted octanol–water partition coefficient (Wildman–Crippen LogP) is 2.64. The van der Waals surface area contributed by atoms with E-state index in [1.165, 1.54) is 12.8 Å². The Kier molecular flexibility index (Phi) is 4.18. The van der Waals surface area contributed by atoms with Crippen molar-refractivity contribution < 1.29 is 0 Å². The molecule has 0 aliphatic carbocycles. The molecule has 3 N–H and O–H groups in total. The lowest BCUT2D eigenvalue weighted by molar-refractivity contribution is 0.198. The van der Waals surface area contributed by atoms with Crippen LogP contribution in [0.4, 0.5) is 11.6 Å². The molecule has 20 heavy (non-hydrogen) atoms. The second-order valence-electron chi connectivity index (χ2n) is 6.84. The Bertz CT molecular complexity index is 470. The SMILES string of the molecule is Cc1nc(NN)c(C)c(N2CCC(C(C)(C)C)CC2)n1. The number of nitrogen functional groups attached to an aromatic ring is 1. The number of piperidine rings is 1. The van der Waals surface area contributed by atoms with Crippen molar-refractivity contribution in [2.24, 2.45) is 17.2 Å². The van der Waals surface area contributed by atoms with Gasteiger partial charge in [-0.25, -0.2) is 15.8 Å². The summed E-state index contributed by atoms with van der Waals surface area (Å²) in [5, 5.41) is 0. The maximum atomic E-state index is 5.54. The molecule has 0 saturated carbocycles. The van der Waals surface area contributed by atoms with Crippen molar-refractivity contribution in [3.05, 3.63) is 11.4 Å². The van der Waals surface area contributed by atoms with E-state index in [0.717, 1.165) is 42.0 Å². The lowest BCUT2D eigenvalue weighted by Crippen LogP contribution is -2.39. The monoisotopic (exact) mass is 277 g/mol. The van der Waals surface area contributed by atoms with Crippen molar-refractivity contribution in [3.63, 3.8) is 0 Å². The average molecular weight is 277 g/mol. The molecule has 0 radical (unpaired) electrons. The van der Waals surface area contributed by atoms with Gasteiger partial charge < -0.3 is 10.3 Å². The minimum absolute atomic E-state index is 0.396. The Morgan fingerprint density at radius 1 is 1.15 bits per heavy atom. The second kappa shape index (κ2) is 5.56. The Morgan fingerprint density at radius 3 is 2.25 bits per heavy atom. The molecular weight excluding hydrogens is 250 g/mol. The number of rotatable bonds is 2. The average Bonchev–Trinajstić information content (AvgIpc) is 2.40. The van der Waals surface area contributed by atoms with E-state index in [4.69, 9.17) is 5.84 Å². The summed E-state index contributed by atoms with van der Waals surface area (Å²) in [5.41, 5.74) is 4.10. The van der Waals surface area contributed by atoms with Crippen molar-refractivity contribution in [3.8, 4) is 0 Å². The van der Waals surface area contributed by atoms with Crippen molar-refractivity contribution in [2.45, 2.75) is 47.5 Å². The fourth-order valence-corrected chi connectivity index (χ4v) is 3.02. The summed E-state index contributed by atoms with van der Waals surface area (Å²) in [6, 6.07) is 0. The third kappa shape index (κ3) is 3.03. The molecule has 0 amide bonds. The van der Waals surface area contributed by atoms with Crippen molar-refractivity contribution in [1.82, 2.24) is 9.97 Å². The number of aromatic nitrogens is 2. The van der Waals surface area contributed by atoms with Crippen LogP contribution in [0, 0.1) is 25.2 Å². The molecule has 2 rings (SSSR count). The number of hydrazine groups is 1. The summed E-state index contributed by atoms with van der Waals surface area (Å²) >= 11 is 0. The van der Waals surface area contributed by atoms with Gasteiger partial charge in [-0.2, -0.15) is 0 Å². The lowest BCUT2D eigenvalue weighted by atomic mass is 9.75. The van der Waals surface area contributed by atoms with E-state index in [2.05, 4.69) is 41.1 Å². The third-order valence-corrected chi connectivity index (χ3v) is 4.39. The van der Waals surface area contributed by atoms with Gasteiger partial charge in [0.05, 0.1) is 0 Å². The molecule has 1 aromatic heterocycles. The summed E-state index contributed by atoms with van der Waals surface area (Å²) in [7, 11) is 0. The summed E-state index contributed by atoms with van der Waals surface area (Å²) in [6.45, 7) is 13.1. The Hall–Kier alpha value is -1.36. The maximum absolute atomic E-state index is 5.54. The molecule has 1 aliphatic rings. The van der Waals surface area contributed by atoms with Crippen LogP contribution in [0.5, 0.6) is 0 Å². The van der Waals surface area contributed by atoms with Gasteiger partial charge in [0.1, 0.15) is 17.5 Å². The normalized spacial score (nSPS) is 17.4. The number of hydrogen-bond acceptors (Lipinski definition) is 5. The van der Waals surface area contributed by atoms with E-state index >= 15 is 0 Å². The smallest absolute Gasteiger partial charge is 0.148 e. The predicted molar refractivity (Wildman–Crippen MR) is 83.7 cm³/mol. The standard InChI is InChI=1S/C15H27N5/c1-10-13(19-16)17-11(2)18-14(10)20-8-6-12(7-9-20)15(3,4)5/h12H,6-9,16H2,1-5H3,(H,17,18,19). The highest BCUT2D eigenvalue weighted by Gasteiger charge is 2.30. The zero-order chi connectivity index (χ0) is 14.9. The number of nitrogens with one attached hydrogen (secondary N) is 1. The van der Waals surface area contributed by atoms with Crippen LogP contribution >= 0.6 is 0 Å². The molecule has 1 fully saturated rings. The second-order valence-corrected chi connectivity index (χ2v) is 6.84. The van der Waals surface area contributed by atoms with Crippen molar-refractivity contribution in [1.29, 1.82) is 0 Å². The van der Waals surface area contributed by atoms with Gasteiger partial charge >= 0.3 is 0 Å². The first-order valence-corrected chi connectivity index (χ1v) is 7.39. The summed E-state index contributed by atoms with van der Waals surface area (Å²) in [4.78, 5) is 11.3. The van der Waals surface area contributed by atoms with Crippen LogP contribution < -0.4 is 16.2 Å². The molecule has 0 atom stereocenters. The van der Waals surface area contributed by atoms with E-state index in [1.807, 2.05) is 13.8 Å². The van der Waals surface area contributed by atoms with Crippen LogP contribution in [0.2, 0.25) is 0 Å². The molecule has 1 aromatic rings. The van der Waals surface area contributed by atoms with Crippen LogP contribution in [0.1, 0.15) is 45.0 Å². The Labute approximate surface area is 121 Å². The zero-order valence-corrected chi connectivity index (χ0v) is 13.3. The van der Waals surface area contributed by atoms with Gasteiger partial charge in [0.2, 0.25) is 0 Å². The van der Waals surface area contributed by atoms with E-state index in [0.29, 0.717) is 5.41 Å². The molecule has 112 valence electrons. The molecule has 5 nitrogen and oxygen atoms in total. The molecule has 0 bridgehead atoms. The van der Waals surface area contributed by atoms with Gasteiger partial charge in [0.15, 0.2) is 0 Å². The molecule has 1 aliphatic heterocycles. The van der Waals surface area contributed by atoms with Crippen molar-refractivity contribution in [2.75, 3.05) is 23.4 Å². The Balaban J connectivity index is 2.17. The van der Waals surface area contributed by atoms with E-state index < -0.39 is 0 Å². The minimum atomic E-state index is 0.396. The number of nitrogens with zero attached hydrogens (tertiary/aromatic N) is 3. The quantitative estimate of drug-likeness (QED) is 0.642. The lowest BCUT2D eigenvalue weighted by Gasteiger charge is -2.39. The molecule has 5 heteroatoms. The van der Waals surface area contributed by atoms with Crippen molar-refractivity contribution >= 4 is 11.6 Å². The number of anilines is 2. The van der Waals surface area contributed by atoms with Crippen LogP contribution in [0.15, 0.2) is 0 Å². The van der Waals surface area contributed by atoms with Gasteiger partial charge in [-0.1, -0.05) is 20.8 Å². The highest BCUT2D eigenvalue weighted by Crippen LogP contribution is 2.36. The highest BCUT2D eigenvalue weighted by molar-refractivity contribution is 5.58. The number of aryl methyl sites for hydroxylation is 1. The van der Waals surface area contributed by atoms with Gasteiger partial charge in [0.25, 0.3) is 0 Å². The molecule has 0 aromatic carbocycles. The summed E-state index contributed by atoms with van der Waals surface area (Å²) < 4.78 is 0. The van der Waals surface area contributed by atoms with E-state index in [-0.39, 0.29) is 0 Å². The minimum Gasteiger partial charge on any atom is -0.356 e. The first-order valence-electron chi connectivity index (χ1n) is 7.39. The summed E-state index contributed by atoms with van der Waals surface area (Å²) in [6.07, 6.45) is 2.44. The molecule has 0 spiro atoms. The fourth-order valence-electron chi connectivity index (χ4n) is 3.02. The van der Waals surface area contributed by atoms with Crippen LogP contribution in [-0.4, -0.2) is 23.1 Å². The van der Waals surface area contributed by atoms with Crippen LogP contribution in [0.25, 0.3) is 0 Å². The topological polar surface area (TPSA) is 67.1 Å². The van der Waals surface area contributed by atoms with E-state index in [9.17, 15) is 0 Å². The Morgan fingerprint density at radius 2 is 1.75 bits per heavy atom. The van der Waals surface area contributed by atoms with Gasteiger partial charge in [-0.15, -0.1) is 0 Å². The zero-order valence-electron chi connectivity index (χ0n) is 13.3. The molecule has 2 heterocycles. The largest absolute Gasteiger partial charge is 0.356 e. The van der Waals surface area contributed by atoms with Crippen LogP contribution in [-0.2, 0) is 0 Å². The fraction of sp³-hybridized carbons (Fsp3) is 0.733.